The van der Waals surface area contributed by atoms with Crippen LogP contribution in [0.5, 0.6) is 0 Å². The normalized spacial score (nSPS) is 19.7. The highest BCUT2D eigenvalue weighted by molar-refractivity contribution is 5.80. The second kappa shape index (κ2) is 11.3. The number of amides is 1. The Labute approximate surface area is 184 Å². The summed E-state index contributed by atoms with van der Waals surface area (Å²) >= 11 is 0. The fourth-order valence-electron chi connectivity index (χ4n) is 4.27. The second-order valence-corrected chi connectivity index (χ2v) is 8.20. The van der Waals surface area contributed by atoms with E-state index in [1.165, 1.54) is 12.1 Å². The third-order valence-electron chi connectivity index (χ3n) is 6.15. The van der Waals surface area contributed by atoms with Gasteiger partial charge in [0.1, 0.15) is 5.82 Å². The van der Waals surface area contributed by atoms with E-state index in [-0.39, 0.29) is 23.4 Å². The summed E-state index contributed by atoms with van der Waals surface area (Å²) in [5.41, 5.74) is 0.959. The number of carbonyl (C=O) groups is 1. The zero-order valence-electron chi connectivity index (χ0n) is 18.7. The van der Waals surface area contributed by atoms with E-state index in [0.29, 0.717) is 39.5 Å². The molecule has 2 fully saturated rings. The molecular weight excluding hydrogens is 399 g/mol. The molecule has 1 aromatic rings. The Hall–Kier alpha value is -2.35. The van der Waals surface area contributed by atoms with Crippen LogP contribution in [0.15, 0.2) is 29.3 Å². The summed E-state index contributed by atoms with van der Waals surface area (Å²) in [6, 6.07) is 7.05. The molecule has 0 saturated carbocycles. The molecule has 2 N–H and O–H groups in total. The third-order valence-corrected chi connectivity index (χ3v) is 6.15. The predicted octanol–water partition coefficient (Wildman–Crippen LogP) is 3.05. The number of hydrogen-bond acceptors (Lipinski definition) is 4. The Balaban J connectivity index is 1.65. The smallest absolute Gasteiger partial charge is 0.409 e. The summed E-state index contributed by atoms with van der Waals surface area (Å²) in [6.45, 7) is 8.35. The van der Waals surface area contributed by atoms with Crippen LogP contribution in [0.2, 0.25) is 0 Å². The lowest BCUT2D eigenvalue weighted by Gasteiger charge is -2.37. The Morgan fingerprint density at radius 2 is 1.90 bits per heavy atom. The summed E-state index contributed by atoms with van der Waals surface area (Å²) in [7, 11) is 0. The molecule has 0 atom stereocenters. The molecule has 7 nitrogen and oxygen atoms in total. The van der Waals surface area contributed by atoms with Gasteiger partial charge in [-0.2, -0.15) is 0 Å². The SMILES string of the molecule is CCNC(=NCC1(c2ccc(F)cc2)CCOCC1)NC1CCN(C(=O)OCC)CC1. The van der Waals surface area contributed by atoms with Gasteiger partial charge in [0, 0.05) is 44.3 Å². The van der Waals surface area contributed by atoms with E-state index >= 15 is 0 Å². The average molecular weight is 435 g/mol. The molecular formula is C23H35FN4O3. The van der Waals surface area contributed by atoms with E-state index in [4.69, 9.17) is 14.5 Å². The van der Waals surface area contributed by atoms with E-state index in [2.05, 4.69) is 10.6 Å². The zero-order chi connectivity index (χ0) is 22.1. The van der Waals surface area contributed by atoms with Crippen molar-refractivity contribution >= 4 is 12.1 Å². The minimum Gasteiger partial charge on any atom is -0.450 e. The van der Waals surface area contributed by atoms with Crippen LogP contribution in [-0.2, 0) is 14.9 Å². The predicted molar refractivity (Wildman–Crippen MR) is 119 cm³/mol. The molecule has 31 heavy (non-hydrogen) atoms. The largest absolute Gasteiger partial charge is 0.450 e. The van der Waals surface area contributed by atoms with E-state index in [9.17, 15) is 9.18 Å². The van der Waals surface area contributed by atoms with Crippen molar-refractivity contribution in [3.8, 4) is 0 Å². The molecule has 2 saturated heterocycles. The van der Waals surface area contributed by atoms with Crippen LogP contribution in [0.4, 0.5) is 9.18 Å². The maximum Gasteiger partial charge on any atom is 0.409 e. The standard InChI is InChI=1S/C23H35FN4O3/c1-3-25-21(27-20-9-13-28(14-10-20)22(29)31-4-2)26-17-23(11-15-30-16-12-23)18-5-7-19(24)8-6-18/h5-8,20H,3-4,9-17H2,1-2H3,(H2,25,26,27). The quantitative estimate of drug-likeness (QED) is 0.532. The van der Waals surface area contributed by atoms with Crippen molar-refractivity contribution in [2.24, 2.45) is 4.99 Å². The lowest BCUT2D eigenvalue weighted by Crippen LogP contribution is -2.50. The molecule has 0 unspecified atom stereocenters. The van der Waals surface area contributed by atoms with Crippen LogP contribution in [0, 0.1) is 5.82 Å². The summed E-state index contributed by atoms with van der Waals surface area (Å²) in [4.78, 5) is 18.6. The molecule has 0 spiro atoms. The van der Waals surface area contributed by atoms with E-state index in [0.717, 1.165) is 43.8 Å². The second-order valence-electron chi connectivity index (χ2n) is 8.20. The fourth-order valence-corrected chi connectivity index (χ4v) is 4.27. The summed E-state index contributed by atoms with van der Waals surface area (Å²) in [6.07, 6.45) is 3.18. The van der Waals surface area contributed by atoms with Crippen LogP contribution in [0.3, 0.4) is 0 Å². The number of likely N-dealkylation sites (tertiary alicyclic amines) is 1. The van der Waals surface area contributed by atoms with Crippen molar-refractivity contribution in [1.29, 1.82) is 0 Å². The van der Waals surface area contributed by atoms with Gasteiger partial charge in [-0.1, -0.05) is 12.1 Å². The molecule has 2 aliphatic heterocycles. The molecule has 172 valence electrons. The molecule has 0 aromatic heterocycles. The molecule has 1 amide bonds. The molecule has 0 aliphatic carbocycles. The van der Waals surface area contributed by atoms with Crippen molar-refractivity contribution in [2.75, 3.05) is 46.0 Å². The number of carbonyl (C=O) groups excluding carboxylic acids is 1. The van der Waals surface area contributed by atoms with Crippen molar-refractivity contribution in [1.82, 2.24) is 15.5 Å². The van der Waals surface area contributed by atoms with Gasteiger partial charge in [0.25, 0.3) is 0 Å². The fraction of sp³-hybridized carbons (Fsp3) is 0.652. The van der Waals surface area contributed by atoms with Crippen LogP contribution < -0.4 is 10.6 Å². The average Bonchev–Trinajstić information content (AvgIpc) is 2.79. The monoisotopic (exact) mass is 434 g/mol. The molecule has 0 radical (unpaired) electrons. The first-order valence-electron chi connectivity index (χ1n) is 11.4. The number of benzene rings is 1. The van der Waals surface area contributed by atoms with Crippen molar-refractivity contribution in [2.45, 2.75) is 51.0 Å². The molecule has 2 heterocycles. The number of halogens is 1. The molecule has 8 heteroatoms. The maximum absolute atomic E-state index is 13.5. The van der Waals surface area contributed by atoms with Crippen LogP contribution in [-0.4, -0.2) is 69.0 Å². The number of ether oxygens (including phenoxy) is 2. The van der Waals surface area contributed by atoms with Gasteiger partial charge >= 0.3 is 6.09 Å². The molecule has 2 aliphatic rings. The number of piperidine rings is 1. The van der Waals surface area contributed by atoms with Gasteiger partial charge in [-0.05, 0) is 57.2 Å². The summed E-state index contributed by atoms with van der Waals surface area (Å²) in [5, 5.41) is 6.88. The first-order valence-corrected chi connectivity index (χ1v) is 11.4. The van der Waals surface area contributed by atoms with Crippen molar-refractivity contribution in [3.63, 3.8) is 0 Å². The van der Waals surface area contributed by atoms with E-state index in [1.54, 1.807) is 4.90 Å². The van der Waals surface area contributed by atoms with Crippen molar-refractivity contribution in [3.05, 3.63) is 35.6 Å². The molecule has 0 bridgehead atoms. The minimum atomic E-state index is -0.234. The number of aliphatic imine (C=N–C) groups is 1. The van der Waals surface area contributed by atoms with E-state index in [1.807, 2.05) is 26.0 Å². The lowest BCUT2D eigenvalue weighted by molar-refractivity contribution is 0.0530. The highest BCUT2D eigenvalue weighted by Gasteiger charge is 2.34. The maximum atomic E-state index is 13.5. The number of guanidine groups is 1. The summed E-state index contributed by atoms with van der Waals surface area (Å²) < 4.78 is 24.2. The van der Waals surface area contributed by atoms with Crippen LogP contribution in [0.25, 0.3) is 0 Å². The first kappa shape index (κ1) is 23.3. The topological polar surface area (TPSA) is 75.2 Å². The molecule has 1 aromatic carbocycles. The van der Waals surface area contributed by atoms with Gasteiger partial charge in [0.15, 0.2) is 5.96 Å². The highest BCUT2D eigenvalue weighted by Crippen LogP contribution is 2.35. The number of nitrogens with one attached hydrogen (secondary N) is 2. The van der Waals surface area contributed by atoms with Crippen LogP contribution >= 0.6 is 0 Å². The Morgan fingerprint density at radius 3 is 2.52 bits per heavy atom. The lowest BCUT2D eigenvalue weighted by atomic mass is 9.74. The Kier molecular flexibility index (Phi) is 8.51. The Morgan fingerprint density at radius 1 is 1.23 bits per heavy atom. The zero-order valence-corrected chi connectivity index (χ0v) is 18.7. The van der Waals surface area contributed by atoms with Gasteiger partial charge in [-0.15, -0.1) is 0 Å². The van der Waals surface area contributed by atoms with Gasteiger partial charge < -0.3 is 25.0 Å². The number of rotatable bonds is 6. The first-order chi connectivity index (χ1) is 15.1. The van der Waals surface area contributed by atoms with E-state index < -0.39 is 0 Å². The summed E-state index contributed by atoms with van der Waals surface area (Å²) in [5.74, 6) is 0.559. The van der Waals surface area contributed by atoms with Gasteiger partial charge in [-0.25, -0.2) is 9.18 Å². The van der Waals surface area contributed by atoms with Gasteiger partial charge in [0.2, 0.25) is 0 Å². The number of hydrogen-bond donors (Lipinski definition) is 2. The van der Waals surface area contributed by atoms with Crippen LogP contribution in [0.1, 0.15) is 45.1 Å². The van der Waals surface area contributed by atoms with Gasteiger partial charge in [-0.3, -0.25) is 4.99 Å². The van der Waals surface area contributed by atoms with Crippen molar-refractivity contribution < 1.29 is 18.7 Å². The number of nitrogens with zero attached hydrogens (tertiary/aromatic N) is 2. The minimum absolute atomic E-state index is 0.151. The van der Waals surface area contributed by atoms with Gasteiger partial charge in [0.05, 0.1) is 13.2 Å². The third kappa shape index (κ3) is 6.32. The molecule has 3 rings (SSSR count). The highest BCUT2D eigenvalue weighted by atomic mass is 19.1. The Bertz CT molecular complexity index is 727.